The van der Waals surface area contributed by atoms with Crippen LogP contribution in [0.1, 0.15) is 36.6 Å². The molecule has 0 aliphatic carbocycles. The summed E-state index contributed by atoms with van der Waals surface area (Å²) in [6.45, 7) is 3.98. The van der Waals surface area contributed by atoms with Gasteiger partial charge in [0.05, 0.1) is 49.3 Å². The summed E-state index contributed by atoms with van der Waals surface area (Å²) in [7, 11) is 3.06. The second-order valence-corrected chi connectivity index (χ2v) is 10.6. The SMILES string of the molecule is CCOC(=O)C1=C(c2ccccc2)N=c2s/c(=C\c3ccc(OCC#N)c(OCC)c3)c(=O)n2[C@H]1c1ccc(OC)c(OC)c1. The van der Waals surface area contributed by atoms with Gasteiger partial charge in [-0.25, -0.2) is 9.79 Å². The number of thiazole rings is 1. The van der Waals surface area contributed by atoms with Gasteiger partial charge in [0.15, 0.2) is 34.4 Å². The predicted molar refractivity (Wildman–Crippen MR) is 169 cm³/mol. The summed E-state index contributed by atoms with van der Waals surface area (Å²) in [5.74, 6) is 1.25. The van der Waals surface area contributed by atoms with Gasteiger partial charge in [-0.1, -0.05) is 53.8 Å². The van der Waals surface area contributed by atoms with Crippen LogP contribution in [0.5, 0.6) is 23.0 Å². The van der Waals surface area contributed by atoms with Gasteiger partial charge in [-0.05, 0) is 55.3 Å². The van der Waals surface area contributed by atoms with Crippen LogP contribution >= 0.6 is 11.3 Å². The van der Waals surface area contributed by atoms with E-state index in [-0.39, 0.29) is 24.3 Å². The molecule has 0 radical (unpaired) electrons. The van der Waals surface area contributed by atoms with Crippen LogP contribution in [0.3, 0.4) is 0 Å². The van der Waals surface area contributed by atoms with Crippen molar-refractivity contribution < 1.29 is 28.5 Å². The van der Waals surface area contributed by atoms with Gasteiger partial charge >= 0.3 is 5.97 Å². The van der Waals surface area contributed by atoms with E-state index in [2.05, 4.69) is 0 Å². The topological polar surface area (TPSA) is 121 Å². The van der Waals surface area contributed by atoms with Crippen LogP contribution in [-0.2, 0) is 9.53 Å². The molecule has 0 N–H and O–H groups in total. The van der Waals surface area contributed by atoms with E-state index in [9.17, 15) is 9.59 Å². The molecule has 4 aromatic rings. The maximum atomic E-state index is 14.2. The highest BCUT2D eigenvalue weighted by Crippen LogP contribution is 2.38. The molecule has 11 heteroatoms. The second-order valence-electron chi connectivity index (χ2n) is 9.63. The normalized spacial score (nSPS) is 14.2. The van der Waals surface area contributed by atoms with Crippen molar-refractivity contribution in [1.82, 2.24) is 4.57 Å². The first-order chi connectivity index (χ1) is 21.9. The number of carbonyl (C=O) groups is 1. The number of hydrogen-bond acceptors (Lipinski definition) is 10. The number of fused-ring (bicyclic) bond motifs is 1. The number of carbonyl (C=O) groups excluding carboxylic acids is 1. The van der Waals surface area contributed by atoms with Crippen LogP contribution in [0.15, 0.2) is 82.1 Å². The molecular formula is C34H31N3O7S. The van der Waals surface area contributed by atoms with Crippen LogP contribution in [0.4, 0.5) is 0 Å². The molecule has 10 nitrogen and oxygen atoms in total. The molecule has 1 aliphatic heterocycles. The van der Waals surface area contributed by atoms with E-state index in [1.807, 2.05) is 43.3 Å². The largest absolute Gasteiger partial charge is 0.493 e. The number of nitriles is 1. The lowest BCUT2D eigenvalue weighted by molar-refractivity contribution is -0.138. The summed E-state index contributed by atoms with van der Waals surface area (Å²) < 4.78 is 29.7. The number of benzene rings is 3. The monoisotopic (exact) mass is 625 g/mol. The number of nitrogens with zero attached hydrogens (tertiary/aromatic N) is 3. The van der Waals surface area contributed by atoms with Gasteiger partial charge in [-0.2, -0.15) is 5.26 Å². The molecule has 0 saturated heterocycles. The summed E-state index contributed by atoms with van der Waals surface area (Å²) >= 11 is 1.21. The average Bonchev–Trinajstić information content (AvgIpc) is 3.37. The third-order valence-corrected chi connectivity index (χ3v) is 7.94. The van der Waals surface area contributed by atoms with E-state index >= 15 is 0 Å². The van der Waals surface area contributed by atoms with Crippen molar-refractivity contribution in [3.8, 4) is 29.1 Å². The van der Waals surface area contributed by atoms with Gasteiger partial charge in [0.2, 0.25) is 0 Å². The van der Waals surface area contributed by atoms with Gasteiger partial charge in [-0.15, -0.1) is 0 Å². The number of ether oxygens (including phenoxy) is 5. The third-order valence-electron chi connectivity index (χ3n) is 6.95. The van der Waals surface area contributed by atoms with Crippen molar-refractivity contribution in [3.05, 3.63) is 109 Å². The fourth-order valence-electron chi connectivity index (χ4n) is 5.04. The molecule has 0 amide bonds. The quantitative estimate of drug-likeness (QED) is 0.227. The first-order valence-electron chi connectivity index (χ1n) is 14.2. The highest BCUT2D eigenvalue weighted by molar-refractivity contribution is 7.07. The van der Waals surface area contributed by atoms with Gasteiger partial charge in [0, 0.05) is 5.56 Å². The molecule has 1 aliphatic rings. The number of hydrogen-bond donors (Lipinski definition) is 0. The molecule has 45 heavy (non-hydrogen) atoms. The lowest BCUT2D eigenvalue weighted by atomic mass is 9.93. The molecule has 0 spiro atoms. The molecule has 0 unspecified atom stereocenters. The Morgan fingerprint density at radius 1 is 0.956 bits per heavy atom. The van der Waals surface area contributed by atoms with E-state index in [4.69, 9.17) is 33.9 Å². The van der Waals surface area contributed by atoms with Crippen molar-refractivity contribution in [2.24, 2.45) is 4.99 Å². The molecule has 5 rings (SSSR count). The first-order valence-corrected chi connectivity index (χ1v) is 15.0. The van der Waals surface area contributed by atoms with E-state index in [0.29, 0.717) is 61.3 Å². The molecule has 0 bridgehead atoms. The van der Waals surface area contributed by atoms with Crippen molar-refractivity contribution in [3.63, 3.8) is 0 Å². The summed E-state index contributed by atoms with van der Waals surface area (Å²) in [5, 5.41) is 8.93. The van der Waals surface area contributed by atoms with E-state index < -0.39 is 12.0 Å². The zero-order valence-electron chi connectivity index (χ0n) is 25.2. The maximum Gasteiger partial charge on any atom is 0.338 e. The second kappa shape index (κ2) is 14.0. The molecule has 230 valence electrons. The third kappa shape index (κ3) is 6.32. The fraction of sp³-hybridized carbons (Fsp3) is 0.235. The highest BCUT2D eigenvalue weighted by Gasteiger charge is 2.35. The van der Waals surface area contributed by atoms with Crippen LogP contribution in [0.25, 0.3) is 11.8 Å². The zero-order chi connectivity index (χ0) is 31.9. The Morgan fingerprint density at radius 3 is 2.40 bits per heavy atom. The predicted octanol–water partition coefficient (Wildman–Crippen LogP) is 4.25. The van der Waals surface area contributed by atoms with Gasteiger partial charge < -0.3 is 23.7 Å². The van der Waals surface area contributed by atoms with Crippen molar-refractivity contribution in [2.75, 3.05) is 34.0 Å². The van der Waals surface area contributed by atoms with Crippen LogP contribution < -0.4 is 33.8 Å². The molecule has 0 saturated carbocycles. The molecule has 3 aromatic carbocycles. The van der Waals surface area contributed by atoms with Crippen LogP contribution in [-0.4, -0.2) is 44.6 Å². The van der Waals surface area contributed by atoms with E-state index in [1.54, 1.807) is 49.4 Å². The summed E-state index contributed by atoms with van der Waals surface area (Å²) in [4.78, 5) is 33.2. The molecule has 0 fully saturated rings. The van der Waals surface area contributed by atoms with Crippen molar-refractivity contribution in [1.29, 1.82) is 5.26 Å². The summed E-state index contributed by atoms with van der Waals surface area (Å²) in [5.41, 5.74) is 2.31. The average molecular weight is 626 g/mol. The van der Waals surface area contributed by atoms with Crippen LogP contribution in [0.2, 0.25) is 0 Å². The minimum atomic E-state index is -0.877. The molecule has 1 aromatic heterocycles. The van der Waals surface area contributed by atoms with Crippen molar-refractivity contribution >= 4 is 29.1 Å². The standard InChI is InChI=1S/C34H31N3O7S/c1-5-42-27-18-21(12-14-25(27)44-17-16-35)19-28-32(38)37-31(23-13-15-24(40-3)26(20-23)41-4)29(33(39)43-6-2)30(36-34(37)45-28)22-10-8-7-9-11-22/h7-15,18-20,31H,5-6,17H2,1-4H3/b28-19-/t31-/m0/s1. The maximum absolute atomic E-state index is 14.2. The number of aromatic nitrogens is 1. The van der Waals surface area contributed by atoms with Gasteiger partial charge in [-0.3, -0.25) is 9.36 Å². The summed E-state index contributed by atoms with van der Waals surface area (Å²) in [6, 6.07) is 20.9. The Kier molecular flexibility index (Phi) is 9.65. The fourth-order valence-corrected chi connectivity index (χ4v) is 6.04. The smallest absolute Gasteiger partial charge is 0.338 e. The van der Waals surface area contributed by atoms with Gasteiger partial charge in [0.25, 0.3) is 5.56 Å². The Hall–Kier alpha value is -5.34. The van der Waals surface area contributed by atoms with E-state index in [1.165, 1.54) is 30.1 Å². The zero-order valence-corrected chi connectivity index (χ0v) is 26.1. The number of esters is 1. The number of methoxy groups -OCH3 is 2. The lowest BCUT2D eigenvalue weighted by Gasteiger charge is -2.26. The first kappa shape index (κ1) is 31.1. The Labute approximate surface area is 263 Å². The molecular weight excluding hydrogens is 594 g/mol. The summed E-state index contributed by atoms with van der Waals surface area (Å²) in [6.07, 6.45) is 1.74. The lowest BCUT2D eigenvalue weighted by Crippen LogP contribution is -2.40. The highest BCUT2D eigenvalue weighted by atomic mass is 32.1. The van der Waals surface area contributed by atoms with Crippen LogP contribution in [0, 0.1) is 11.3 Å². The molecule has 1 atom stereocenters. The minimum Gasteiger partial charge on any atom is -0.493 e. The van der Waals surface area contributed by atoms with E-state index in [0.717, 1.165) is 0 Å². The Balaban J connectivity index is 1.77. The Morgan fingerprint density at radius 2 is 1.71 bits per heavy atom. The molecule has 2 heterocycles. The van der Waals surface area contributed by atoms with Gasteiger partial charge in [0.1, 0.15) is 6.07 Å². The number of rotatable bonds is 11. The minimum absolute atomic E-state index is 0.124. The van der Waals surface area contributed by atoms with Crippen molar-refractivity contribution in [2.45, 2.75) is 19.9 Å². The Bertz CT molecular complexity index is 1970.